The molecule has 36 nitrogen and oxygen atoms in total. The number of nitrogens with zero attached hydrogens (tertiary/aromatic N) is 17. The Morgan fingerprint density at radius 3 is 1.33 bits per heavy atom. The highest BCUT2D eigenvalue weighted by atomic mass is 35.5. The molecular formula is C69H62Cl3N21O15. The number of rotatable bonds is 12. The monoisotopic (exact) mass is 1530 g/mol. The quantitative estimate of drug-likeness (QED) is 0.0374. The molecule has 0 radical (unpaired) electrons. The van der Waals surface area contributed by atoms with E-state index in [0.29, 0.717) is 72.0 Å². The lowest BCUT2D eigenvalue weighted by Gasteiger charge is -2.34. The Balaban J connectivity index is 0.000000140. The second kappa shape index (κ2) is 37.1. The number of pyridine rings is 5. The number of aromatic nitrogens is 19. The van der Waals surface area contributed by atoms with Crippen LogP contribution in [0, 0.1) is 0 Å². The molecule has 6 N–H and O–H groups in total. The summed E-state index contributed by atoms with van der Waals surface area (Å²) in [6, 6.07) is 32.2. The lowest BCUT2D eigenvalue weighted by atomic mass is 9.76. The zero-order valence-electron chi connectivity index (χ0n) is 56.8. The number of aliphatic hydroxyl groups is 1. The highest BCUT2D eigenvalue weighted by Gasteiger charge is 2.34. The van der Waals surface area contributed by atoms with Crippen molar-refractivity contribution in [2.75, 3.05) is 20.1 Å². The van der Waals surface area contributed by atoms with Gasteiger partial charge in [0.25, 0.3) is 33.7 Å². The van der Waals surface area contributed by atoms with Crippen molar-refractivity contribution in [3.05, 3.63) is 278 Å². The molecule has 0 bridgehead atoms. The molecule has 0 unspecified atom stereocenters. The fourth-order valence-electron chi connectivity index (χ4n) is 10.4. The molecule has 108 heavy (non-hydrogen) atoms. The molecule has 2 saturated carbocycles. The fraction of sp³-hybridized carbons (Fsp3) is 0.217. The third-order valence-corrected chi connectivity index (χ3v) is 16.8. The van der Waals surface area contributed by atoms with Crippen LogP contribution in [0.15, 0.2) is 214 Å². The van der Waals surface area contributed by atoms with Crippen LogP contribution in [0.2, 0.25) is 10.0 Å². The summed E-state index contributed by atoms with van der Waals surface area (Å²) >= 11 is 16.7. The number of halogens is 3. The Morgan fingerprint density at radius 2 is 0.935 bits per heavy atom. The molecule has 16 rings (SSSR count). The molecule has 0 spiro atoms. The van der Waals surface area contributed by atoms with E-state index >= 15 is 0 Å². The number of H-pyrrole nitrogens is 2. The van der Waals surface area contributed by atoms with E-state index in [1.54, 1.807) is 91.6 Å². The van der Waals surface area contributed by atoms with Crippen molar-refractivity contribution in [2.24, 2.45) is 5.84 Å². The first-order chi connectivity index (χ1) is 52.2. The standard InChI is InChI=1S/C20H16ClN5O3.C10H11ClO.C10H7N5O3.C10H9N3O3.C9H9N5O2.C7H5N3O.C3H5ClO2/c21-14-5-3-12(4-6-14)13-8-15(9-13)26-20(28)29-17(24-26)10-25-11-23-18-16(19(25)27)2-1-7-22-18;11-9-3-1-7(2-4-9)8-5-10(12)6-8;16-9-6-2-1-3-11-8(6)12-5-15(9)4-7-13-14-10(17)18-7;1-16-8(14)5-13-6-12-9-7(10(13)15)3-2-4-11-9;10-13-7(15)4-14-5-12-8-6(9(14)16)2-1-3-11-8;11-7-5-2-1-3-8-6(5)9-4-10-7;1-6-3(5)2-4/h1-7,11,13,15H,8-10H2;1-4,8,10,12H,5-6H2;1-3,5H,4H2,(H,14,17);2-4,6H,5H2,1H3;1-3,5H,4,10H2,(H,13,15);1-4H,(H,8,9,10,11);2H2,1H3. The van der Waals surface area contributed by atoms with E-state index < -0.39 is 29.4 Å². The molecule has 2 fully saturated rings. The second-order valence-corrected chi connectivity index (χ2v) is 24.3. The number of methoxy groups -OCH3 is 2. The van der Waals surface area contributed by atoms with E-state index in [0.717, 1.165) is 30.7 Å². The summed E-state index contributed by atoms with van der Waals surface area (Å²) in [5.41, 5.74) is 5.11. The summed E-state index contributed by atoms with van der Waals surface area (Å²) in [5.74, 6) is 3.57. The number of carbonyl (C=O) groups is 3. The first-order valence-corrected chi connectivity index (χ1v) is 33.5. The lowest BCUT2D eigenvalue weighted by Crippen LogP contribution is -2.36. The number of ether oxygens (including phenoxy) is 2. The number of carbonyl (C=O) groups excluding carboxylic acids is 3. The molecule has 0 saturated heterocycles. The van der Waals surface area contributed by atoms with Crippen molar-refractivity contribution >= 4 is 108 Å². The minimum Gasteiger partial charge on any atom is -0.468 e. The number of aromatic amines is 2. The van der Waals surface area contributed by atoms with Gasteiger partial charge in [-0.1, -0.05) is 47.5 Å². The van der Waals surface area contributed by atoms with E-state index in [-0.39, 0.29) is 83.8 Å². The van der Waals surface area contributed by atoms with E-state index in [1.165, 1.54) is 79.9 Å². The number of hydrazine groups is 1. The number of fused-ring (bicyclic) bond motifs is 5. The van der Waals surface area contributed by atoms with E-state index in [4.69, 9.17) is 54.6 Å². The topological polar surface area (TPSA) is 485 Å². The molecular weight excluding hydrogens is 1470 g/mol. The zero-order chi connectivity index (χ0) is 76.8. The summed E-state index contributed by atoms with van der Waals surface area (Å²) in [5, 5.41) is 22.7. The molecule has 12 heterocycles. The molecule has 2 aliphatic carbocycles. The number of esters is 2. The van der Waals surface area contributed by atoms with Crippen molar-refractivity contribution in [2.45, 2.75) is 75.8 Å². The number of nitrogens with one attached hydrogen (secondary N) is 3. The third-order valence-electron chi connectivity index (χ3n) is 16.1. The predicted octanol–water partition coefficient (Wildman–Crippen LogP) is 4.32. The van der Waals surface area contributed by atoms with Crippen molar-refractivity contribution in [1.82, 2.24) is 98.5 Å². The normalized spacial score (nSPS) is 14.5. The number of hydrogen-bond donors (Lipinski definition) is 5. The first kappa shape index (κ1) is 77.6. The van der Waals surface area contributed by atoms with Crippen LogP contribution in [-0.2, 0) is 50.0 Å². The van der Waals surface area contributed by atoms with Crippen LogP contribution in [0.1, 0.15) is 66.5 Å². The van der Waals surface area contributed by atoms with Crippen LogP contribution in [-0.4, -0.2) is 142 Å². The first-order valence-electron chi connectivity index (χ1n) is 32.2. The Bertz CT molecular complexity index is 5800. The number of benzene rings is 2. The van der Waals surface area contributed by atoms with Gasteiger partial charge in [-0.25, -0.2) is 70.4 Å². The van der Waals surface area contributed by atoms with Gasteiger partial charge in [0.15, 0.2) is 28.2 Å². The molecule has 0 aliphatic heterocycles. The molecule has 1 amide bonds. The minimum absolute atomic E-state index is 0.0173. The van der Waals surface area contributed by atoms with Crippen LogP contribution in [0.5, 0.6) is 0 Å². The average molecular weight is 1530 g/mol. The fourth-order valence-corrected chi connectivity index (χ4v) is 10.8. The Kier molecular flexibility index (Phi) is 26.6. The Labute approximate surface area is 620 Å². The van der Waals surface area contributed by atoms with Gasteiger partial charge in [-0.15, -0.1) is 21.8 Å². The second-order valence-electron chi connectivity index (χ2n) is 23.1. The largest absolute Gasteiger partial charge is 0.468 e. The van der Waals surface area contributed by atoms with Crippen molar-refractivity contribution in [1.29, 1.82) is 0 Å². The molecule has 14 aromatic rings. The van der Waals surface area contributed by atoms with Crippen LogP contribution in [0.25, 0.3) is 55.2 Å². The molecule has 39 heteroatoms. The Morgan fingerprint density at radius 1 is 0.528 bits per heavy atom. The van der Waals surface area contributed by atoms with Gasteiger partial charge in [0.1, 0.15) is 57.4 Å². The lowest BCUT2D eigenvalue weighted by molar-refractivity contribution is -0.141. The van der Waals surface area contributed by atoms with Gasteiger partial charge in [0.05, 0.1) is 59.6 Å². The number of nitrogens with two attached hydrogens (primary N) is 1. The molecule has 12 aromatic heterocycles. The molecule has 554 valence electrons. The van der Waals surface area contributed by atoms with E-state index in [1.807, 2.05) is 54.0 Å². The predicted molar refractivity (Wildman–Crippen MR) is 390 cm³/mol. The highest BCUT2D eigenvalue weighted by molar-refractivity contribution is 6.30. The number of aliphatic hydroxyl groups excluding tert-OH is 1. The number of amides is 1. The Hall–Kier alpha value is -13.0. The van der Waals surface area contributed by atoms with Crippen LogP contribution < -0.4 is 50.6 Å². The molecule has 0 atom stereocenters. The molecule has 2 aliphatic rings. The van der Waals surface area contributed by atoms with Gasteiger partial charge in [0.2, 0.25) is 11.8 Å². The van der Waals surface area contributed by atoms with Gasteiger partial charge < -0.3 is 28.4 Å². The average Bonchev–Trinajstić information content (AvgIpc) is 1.58. The van der Waals surface area contributed by atoms with E-state index in [2.05, 4.69) is 79.6 Å². The van der Waals surface area contributed by atoms with Crippen LogP contribution in [0.3, 0.4) is 0 Å². The SMILES string of the molecule is COC(=O)CCl.COC(=O)Cn1cnc2ncccc2c1=O.NNC(=O)Cn1cnc2ncccc2c1=O.O=c1[nH]cnc2ncccc12.O=c1[nH]nc(Cn2cnc3ncccc3c2=O)o1.O=c1c2cccnc2ncn1Cc1nn(C2CC(c3ccc(Cl)cc3)C2)c(=O)o1.OC1CC(c2ccc(Cl)cc2)C1. The van der Waals surface area contributed by atoms with Crippen LogP contribution >= 0.6 is 34.8 Å². The van der Waals surface area contributed by atoms with Gasteiger partial charge in [0, 0.05) is 41.0 Å². The maximum atomic E-state index is 12.6. The maximum absolute atomic E-state index is 12.6. The summed E-state index contributed by atoms with van der Waals surface area (Å²) < 4.78 is 25.0. The van der Waals surface area contributed by atoms with Crippen molar-refractivity contribution < 1.29 is 37.8 Å². The van der Waals surface area contributed by atoms with Gasteiger partial charge in [-0.2, -0.15) is 4.68 Å². The summed E-state index contributed by atoms with van der Waals surface area (Å²) in [4.78, 5) is 157. The van der Waals surface area contributed by atoms with Gasteiger partial charge in [-0.05, 0) is 134 Å². The van der Waals surface area contributed by atoms with Crippen molar-refractivity contribution in [3.8, 4) is 0 Å². The summed E-state index contributed by atoms with van der Waals surface area (Å²) in [6.45, 7) is -0.234. The van der Waals surface area contributed by atoms with E-state index in [9.17, 15) is 47.9 Å². The molecule has 2 aromatic carbocycles. The third kappa shape index (κ3) is 20.3. The van der Waals surface area contributed by atoms with Gasteiger partial charge in [-0.3, -0.25) is 62.1 Å². The smallest absolute Gasteiger partial charge is 0.437 e. The number of alkyl halides is 1. The summed E-state index contributed by atoms with van der Waals surface area (Å²) in [6.07, 6.45) is 17.8. The summed E-state index contributed by atoms with van der Waals surface area (Å²) in [7, 11) is 2.56. The minimum atomic E-state index is -0.659. The van der Waals surface area contributed by atoms with Crippen molar-refractivity contribution in [3.63, 3.8) is 0 Å². The van der Waals surface area contributed by atoms with Crippen LogP contribution in [0.4, 0.5) is 0 Å². The van der Waals surface area contributed by atoms with Gasteiger partial charge >= 0.3 is 23.5 Å². The number of hydrogen-bond acceptors (Lipinski definition) is 28. The highest BCUT2D eigenvalue weighted by Crippen LogP contribution is 2.44. The zero-order valence-corrected chi connectivity index (χ0v) is 59.1. The maximum Gasteiger partial charge on any atom is 0.437 e.